The number of rotatable bonds is 7. The highest BCUT2D eigenvalue weighted by Crippen LogP contribution is 2.15. The van der Waals surface area contributed by atoms with E-state index < -0.39 is 10.8 Å². The maximum Gasteiger partial charge on any atom is 0.0317 e. The van der Waals surface area contributed by atoms with Crippen LogP contribution in [0.2, 0.25) is 0 Å². The minimum absolute atomic E-state index is 0.423. The highest BCUT2D eigenvalue weighted by atomic mass is 32.2. The molecule has 0 bridgehead atoms. The molecule has 0 saturated carbocycles. The normalized spacial score (nSPS) is 14.6. The summed E-state index contributed by atoms with van der Waals surface area (Å²) in [5.74, 6) is 0.790. The lowest BCUT2D eigenvalue weighted by Gasteiger charge is -2.17. The van der Waals surface area contributed by atoms with Crippen molar-refractivity contribution in [2.45, 2.75) is 25.8 Å². The van der Waals surface area contributed by atoms with Gasteiger partial charge in [0.1, 0.15) is 0 Å². The van der Waals surface area contributed by atoms with E-state index in [4.69, 9.17) is 0 Å². The van der Waals surface area contributed by atoms with Crippen LogP contribution >= 0.6 is 0 Å². The molecule has 90 valence electrons. The van der Waals surface area contributed by atoms with E-state index in [-0.39, 0.29) is 0 Å². The molecular formula is C13H21NOS. The van der Waals surface area contributed by atoms with Crippen LogP contribution in [0.1, 0.15) is 31.4 Å². The second-order valence-electron chi connectivity index (χ2n) is 3.96. The molecule has 0 amide bonds. The molecule has 0 aromatic heterocycles. The van der Waals surface area contributed by atoms with Crippen molar-refractivity contribution in [2.24, 2.45) is 0 Å². The van der Waals surface area contributed by atoms with E-state index in [1.165, 1.54) is 5.56 Å². The van der Waals surface area contributed by atoms with Crippen molar-refractivity contribution in [2.75, 3.05) is 18.6 Å². The largest absolute Gasteiger partial charge is 0.310 e. The fraction of sp³-hybridized carbons (Fsp3) is 0.538. The summed E-state index contributed by atoms with van der Waals surface area (Å²) in [4.78, 5) is 0. The Kier molecular flexibility index (Phi) is 6.34. The maximum absolute atomic E-state index is 10.9. The fourth-order valence-corrected chi connectivity index (χ4v) is 2.29. The first kappa shape index (κ1) is 13.4. The van der Waals surface area contributed by atoms with Crippen molar-refractivity contribution in [3.05, 3.63) is 35.9 Å². The average molecular weight is 239 g/mol. The number of hydrogen-bond donors (Lipinski definition) is 1. The summed E-state index contributed by atoms with van der Waals surface area (Å²) < 4.78 is 10.9. The summed E-state index contributed by atoms with van der Waals surface area (Å²) in [6.45, 7) is 3.12. The Labute approximate surface area is 101 Å². The van der Waals surface area contributed by atoms with E-state index in [9.17, 15) is 4.21 Å². The summed E-state index contributed by atoms with van der Waals surface area (Å²) in [6.07, 6.45) is 3.82. The first-order valence-corrected chi connectivity index (χ1v) is 7.55. The molecule has 1 N–H and O–H groups in total. The molecule has 2 nitrogen and oxygen atoms in total. The molecule has 3 heteroatoms. The van der Waals surface area contributed by atoms with Crippen molar-refractivity contribution in [3.8, 4) is 0 Å². The van der Waals surface area contributed by atoms with Crippen molar-refractivity contribution in [1.29, 1.82) is 0 Å². The third kappa shape index (κ3) is 4.90. The van der Waals surface area contributed by atoms with Gasteiger partial charge >= 0.3 is 0 Å². The lowest BCUT2D eigenvalue weighted by atomic mass is 10.0. The predicted molar refractivity (Wildman–Crippen MR) is 71.0 cm³/mol. The van der Waals surface area contributed by atoms with E-state index in [1.54, 1.807) is 6.26 Å². The summed E-state index contributed by atoms with van der Waals surface area (Å²) in [6, 6.07) is 10.9. The lowest BCUT2D eigenvalue weighted by molar-refractivity contribution is 0.519. The zero-order chi connectivity index (χ0) is 11.8. The molecule has 0 aliphatic heterocycles. The summed E-state index contributed by atoms with van der Waals surface area (Å²) >= 11 is 0. The fourth-order valence-electron chi connectivity index (χ4n) is 1.73. The van der Waals surface area contributed by atoms with Gasteiger partial charge < -0.3 is 5.32 Å². The van der Waals surface area contributed by atoms with Crippen LogP contribution in [0.15, 0.2) is 30.3 Å². The van der Waals surface area contributed by atoms with Gasteiger partial charge in [-0.2, -0.15) is 0 Å². The zero-order valence-corrected chi connectivity index (χ0v) is 10.9. The minimum Gasteiger partial charge on any atom is -0.310 e. The Morgan fingerprint density at radius 3 is 2.56 bits per heavy atom. The molecule has 0 aliphatic rings. The molecule has 0 heterocycles. The van der Waals surface area contributed by atoms with Gasteiger partial charge in [-0.15, -0.1) is 0 Å². The molecule has 0 spiro atoms. The van der Waals surface area contributed by atoms with Crippen molar-refractivity contribution >= 4 is 10.8 Å². The third-order valence-electron chi connectivity index (χ3n) is 2.61. The second-order valence-corrected chi connectivity index (χ2v) is 5.51. The Balaban J connectivity index is 2.35. The molecule has 1 aromatic carbocycles. The van der Waals surface area contributed by atoms with Gasteiger partial charge in [0.2, 0.25) is 0 Å². The van der Waals surface area contributed by atoms with Gasteiger partial charge in [-0.05, 0) is 24.9 Å². The minimum atomic E-state index is -0.667. The SMILES string of the molecule is CCC(NCCCS(C)=O)c1ccccc1. The van der Waals surface area contributed by atoms with Crippen LogP contribution in [-0.4, -0.2) is 22.8 Å². The molecule has 2 unspecified atom stereocenters. The molecule has 2 atom stereocenters. The number of hydrogen-bond acceptors (Lipinski definition) is 2. The monoisotopic (exact) mass is 239 g/mol. The van der Waals surface area contributed by atoms with Crippen LogP contribution < -0.4 is 5.32 Å². The van der Waals surface area contributed by atoms with Crippen LogP contribution in [0, 0.1) is 0 Å². The van der Waals surface area contributed by atoms with E-state index in [0.717, 1.165) is 25.1 Å². The Morgan fingerprint density at radius 1 is 1.31 bits per heavy atom. The van der Waals surface area contributed by atoms with E-state index in [2.05, 4.69) is 36.5 Å². The van der Waals surface area contributed by atoms with Crippen molar-refractivity contribution < 1.29 is 4.21 Å². The van der Waals surface area contributed by atoms with Gasteiger partial charge in [0.15, 0.2) is 0 Å². The smallest absolute Gasteiger partial charge is 0.0317 e. The van der Waals surface area contributed by atoms with E-state index in [1.807, 2.05) is 6.07 Å². The molecular weight excluding hydrogens is 218 g/mol. The van der Waals surface area contributed by atoms with Gasteiger partial charge in [0.05, 0.1) is 0 Å². The van der Waals surface area contributed by atoms with Crippen molar-refractivity contribution in [3.63, 3.8) is 0 Å². The van der Waals surface area contributed by atoms with Gasteiger partial charge in [-0.3, -0.25) is 4.21 Å². The van der Waals surface area contributed by atoms with Crippen LogP contribution in [0.25, 0.3) is 0 Å². The van der Waals surface area contributed by atoms with Crippen LogP contribution in [0.3, 0.4) is 0 Å². The third-order valence-corrected chi connectivity index (χ3v) is 3.47. The first-order chi connectivity index (χ1) is 7.74. The first-order valence-electron chi connectivity index (χ1n) is 5.82. The molecule has 0 radical (unpaired) electrons. The average Bonchev–Trinajstić information content (AvgIpc) is 2.30. The topological polar surface area (TPSA) is 29.1 Å². The second kappa shape index (κ2) is 7.58. The summed E-state index contributed by atoms with van der Waals surface area (Å²) in [5, 5.41) is 3.51. The molecule has 1 rings (SSSR count). The van der Waals surface area contributed by atoms with Gasteiger partial charge in [-0.1, -0.05) is 37.3 Å². The quantitative estimate of drug-likeness (QED) is 0.741. The van der Waals surface area contributed by atoms with Crippen LogP contribution in [0.5, 0.6) is 0 Å². The zero-order valence-electron chi connectivity index (χ0n) is 10.1. The van der Waals surface area contributed by atoms with Gasteiger partial charge in [0, 0.05) is 28.9 Å². The standard InChI is InChI=1S/C13H21NOS/c1-3-13(12-8-5-4-6-9-12)14-10-7-11-16(2)15/h4-6,8-9,13-14H,3,7,10-11H2,1-2H3. The maximum atomic E-state index is 10.9. The molecule has 1 aromatic rings. The summed E-state index contributed by atoms with van der Waals surface area (Å²) in [5.41, 5.74) is 1.34. The Morgan fingerprint density at radius 2 is 2.00 bits per heavy atom. The molecule has 0 aliphatic carbocycles. The summed E-state index contributed by atoms with van der Waals surface area (Å²) in [7, 11) is -0.667. The number of nitrogens with one attached hydrogen (secondary N) is 1. The lowest BCUT2D eigenvalue weighted by Crippen LogP contribution is -2.22. The predicted octanol–water partition coefficient (Wildman–Crippen LogP) is 2.50. The van der Waals surface area contributed by atoms with E-state index >= 15 is 0 Å². The molecule has 16 heavy (non-hydrogen) atoms. The highest BCUT2D eigenvalue weighted by Gasteiger charge is 2.06. The van der Waals surface area contributed by atoms with Crippen LogP contribution in [0.4, 0.5) is 0 Å². The molecule has 0 fully saturated rings. The van der Waals surface area contributed by atoms with Gasteiger partial charge in [0.25, 0.3) is 0 Å². The van der Waals surface area contributed by atoms with E-state index in [0.29, 0.717) is 6.04 Å². The van der Waals surface area contributed by atoms with Crippen LogP contribution in [-0.2, 0) is 10.8 Å². The molecule has 0 saturated heterocycles. The highest BCUT2D eigenvalue weighted by molar-refractivity contribution is 7.84. The van der Waals surface area contributed by atoms with Crippen molar-refractivity contribution in [1.82, 2.24) is 5.32 Å². The number of benzene rings is 1. The Hall–Kier alpha value is -0.670. The Bertz CT molecular complexity index is 313. The van der Waals surface area contributed by atoms with Gasteiger partial charge in [-0.25, -0.2) is 0 Å².